The van der Waals surface area contributed by atoms with Crippen LogP contribution in [0.5, 0.6) is 0 Å². The fraction of sp³-hybridized carbons (Fsp3) is 0.174. The van der Waals surface area contributed by atoms with Crippen LogP contribution in [0.25, 0.3) is 5.69 Å². The first-order valence-corrected chi connectivity index (χ1v) is 9.52. The first-order valence-electron chi connectivity index (χ1n) is 9.52. The van der Waals surface area contributed by atoms with E-state index in [2.05, 4.69) is 46.7 Å². The van der Waals surface area contributed by atoms with Crippen molar-refractivity contribution in [1.29, 1.82) is 0 Å². The third-order valence-corrected chi connectivity index (χ3v) is 4.88. The van der Waals surface area contributed by atoms with Gasteiger partial charge in [0, 0.05) is 6.20 Å². The Morgan fingerprint density at radius 1 is 1.00 bits per heavy atom. The summed E-state index contributed by atoms with van der Waals surface area (Å²) in [6.45, 7) is 6.47. The van der Waals surface area contributed by atoms with Gasteiger partial charge in [-0.1, -0.05) is 48.0 Å². The first-order chi connectivity index (χ1) is 14.0. The molecule has 1 N–H and O–H groups in total. The average Bonchev–Trinajstić information content (AvgIpc) is 3.27. The maximum atomic E-state index is 12.9. The molecule has 6 nitrogen and oxygen atoms in total. The highest BCUT2D eigenvalue weighted by Crippen LogP contribution is 2.19. The lowest BCUT2D eigenvalue weighted by molar-refractivity contribution is 0.102. The van der Waals surface area contributed by atoms with Crippen molar-refractivity contribution >= 4 is 11.6 Å². The second-order valence-electron chi connectivity index (χ2n) is 7.16. The van der Waals surface area contributed by atoms with Gasteiger partial charge in [-0.05, 0) is 38.5 Å². The summed E-state index contributed by atoms with van der Waals surface area (Å²) < 4.78 is 3.61. The van der Waals surface area contributed by atoms with E-state index in [4.69, 9.17) is 0 Å². The van der Waals surface area contributed by atoms with Gasteiger partial charge in [-0.3, -0.25) is 9.48 Å². The van der Waals surface area contributed by atoms with Crippen LogP contribution in [0.4, 0.5) is 5.69 Å². The minimum atomic E-state index is -0.183. The summed E-state index contributed by atoms with van der Waals surface area (Å²) >= 11 is 0. The molecule has 2 heterocycles. The number of para-hydroxylation sites is 1. The lowest BCUT2D eigenvalue weighted by atomic mass is 10.1. The van der Waals surface area contributed by atoms with Crippen LogP contribution in [0, 0.1) is 20.8 Å². The van der Waals surface area contributed by atoms with Crippen LogP contribution in [0.2, 0.25) is 0 Å². The summed E-state index contributed by atoms with van der Waals surface area (Å²) in [5.41, 5.74) is 6.05. The van der Waals surface area contributed by atoms with Gasteiger partial charge in [-0.15, -0.1) is 0 Å². The standard InChI is InChI=1S/C23H23N5O/c1-16-9-11-19(12-10-16)14-27-15-20(13-24-27)25-23(29)22-17(2)26-28(18(22)3)21-7-5-4-6-8-21/h4-13,15H,14H2,1-3H3,(H,25,29). The highest BCUT2D eigenvalue weighted by molar-refractivity contribution is 6.05. The Morgan fingerprint density at radius 3 is 2.45 bits per heavy atom. The third-order valence-electron chi connectivity index (χ3n) is 4.88. The zero-order valence-electron chi connectivity index (χ0n) is 16.8. The molecule has 29 heavy (non-hydrogen) atoms. The molecule has 1 amide bonds. The summed E-state index contributed by atoms with van der Waals surface area (Å²) in [4.78, 5) is 12.9. The zero-order chi connectivity index (χ0) is 20.4. The smallest absolute Gasteiger partial charge is 0.259 e. The molecule has 0 aliphatic heterocycles. The van der Waals surface area contributed by atoms with Gasteiger partial charge in [-0.2, -0.15) is 10.2 Å². The van der Waals surface area contributed by atoms with Gasteiger partial charge < -0.3 is 5.32 Å². The van der Waals surface area contributed by atoms with Gasteiger partial charge in [0.15, 0.2) is 0 Å². The number of nitrogens with one attached hydrogen (secondary N) is 1. The predicted molar refractivity (Wildman–Crippen MR) is 113 cm³/mol. The number of aryl methyl sites for hydroxylation is 2. The van der Waals surface area contributed by atoms with Crippen molar-refractivity contribution in [3.8, 4) is 5.69 Å². The van der Waals surface area contributed by atoms with E-state index in [0.717, 1.165) is 16.9 Å². The summed E-state index contributed by atoms with van der Waals surface area (Å²) in [5, 5.41) is 11.8. The fourth-order valence-electron chi connectivity index (χ4n) is 3.38. The average molecular weight is 385 g/mol. The number of nitrogens with zero attached hydrogens (tertiary/aromatic N) is 4. The maximum absolute atomic E-state index is 12.9. The van der Waals surface area contributed by atoms with Crippen molar-refractivity contribution < 1.29 is 4.79 Å². The molecule has 2 aromatic heterocycles. The number of amides is 1. The predicted octanol–water partition coefficient (Wildman–Crippen LogP) is 4.29. The molecule has 0 unspecified atom stereocenters. The Balaban J connectivity index is 1.51. The van der Waals surface area contributed by atoms with Crippen molar-refractivity contribution in [2.75, 3.05) is 5.32 Å². The van der Waals surface area contributed by atoms with Crippen molar-refractivity contribution in [2.24, 2.45) is 0 Å². The van der Waals surface area contributed by atoms with E-state index in [1.165, 1.54) is 5.56 Å². The van der Waals surface area contributed by atoms with Crippen LogP contribution < -0.4 is 5.32 Å². The number of benzene rings is 2. The van der Waals surface area contributed by atoms with Gasteiger partial charge in [0.05, 0.1) is 41.1 Å². The summed E-state index contributed by atoms with van der Waals surface area (Å²) in [6, 6.07) is 18.1. The van der Waals surface area contributed by atoms with Crippen LogP contribution in [0.1, 0.15) is 32.9 Å². The number of aromatic nitrogens is 4. The number of hydrogen-bond donors (Lipinski definition) is 1. The van der Waals surface area contributed by atoms with E-state index in [0.29, 0.717) is 23.5 Å². The number of carbonyl (C=O) groups is 1. The molecule has 0 fully saturated rings. The van der Waals surface area contributed by atoms with E-state index < -0.39 is 0 Å². The minimum Gasteiger partial charge on any atom is -0.319 e. The lowest BCUT2D eigenvalue weighted by Gasteiger charge is -2.05. The highest BCUT2D eigenvalue weighted by atomic mass is 16.1. The Bertz CT molecular complexity index is 1140. The fourth-order valence-corrected chi connectivity index (χ4v) is 3.38. The van der Waals surface area contributed by atoms with E-state index in [1.807, 2.05) is 55.1 Å². The molecule has 146 valence electrons. The molecule has 2 aromatic carbocycles. The van der Waals surface area contributed by atoms with Crippen LogP contribution in [0.15, 0.2) is 67.0 Å². The van der Waals surface area contributed by atoms with Crippen molar-refractivity contribution in [2.45, 2.75) is 27.3 Å². The Labute approximate surface area is 169 Å². The molecule has 0 atom stereocenters. The van der Waals surface area contributed by atoms with Gasteiger partial charge in [0.25, 0.3) is 5.91 Å². The molecule has 4 aromatic rings. The third kappa shape index (κ3) is 3.96. The van der Waals surface area contributed by atoms with Crippen LogP contribution in [-0.4, -0.2) is 25.5 Å². The Kier molecular flexibility index (Phi) is 4.99. The second-order valence-corrected chi connectivity index (χ2v) is 7.16. The van der Waals surface area contributed by atoms with E-state index in [1.54, 1.807) is 10.9 Å². The molecule has 0 saturated carbocycles. The first kappa shape index (κ1) is 18.7. The molecule has 0 aliphatic rings. The normalized spacial score (nSPS) is 10.9. The van der Waals surface area contributed by atoms with E-state index in [-0.39, 0.29) is 5.91 Å². The van der Waals surface area contributed by atoms with E-state index >= 15 is 0 Å². The molecule has 0 radical (unpaired) electrons. The van der Waals surface area contributed by atoms with E-state index in [9.17, 15) is 4.79 Å². The summed E-state index contributed by atoms with van der Waals surface area (Å²) in [5.74, 6) is -0.183. The van der Waals surface area contributed by atoms with Gasteiger partial charge in [0.2, 0.25) is 0 Å². The summed E-state index contributed by atoms with van der Waals surface area (Å²) in [6.07, 6.45) is 3.50. The molecular weight excluding hydrogens is 362 g/mol. The molecular formula is C23H23N5O. The Hall–Kier alpha value is -3.67. The van der Waals surface area contributed by atoms with Crippen LogP contribution in [0.3, 0.4) is 0 Å². The number of hydrogen-bond acceptors (Lipinski definition) is 3. The zero-order valence-corrected chi connectivity index (χ0v) is 16.8. The van der Waals surface area contributed by atoms with Gasteiger partial charge in [0.1, 0.15) is 0 Å². The SMILES string of the molecule is Cc1ccc(Cn2cc(NC(=O)c3c(C)nn(-c4ccccc4)c3C)cn2)cc1. The minimum absolute atomic E-state index is 0.183. The van der Waals surface area contributed by atoms with Crippen molar-refractivity contribution in [1.82, 2.24) is 19.6 Å². The van der Waals surface area contributed by atoms with Crippen LogP contribution >= 0.6 is 0 Å². The highest BCUT2D eigenvalue weighted by Gasteiger charge is 2.20. The topological polar surface area (TPSA) is 64.7 Å². The number of anilines is 1. The molecule has 0 aliphatic carbocycles. The second kappa shape index (κ2) is 7.75. The Morgan fingerprint density at radius 2 is 1.72 bits per heavy atom. The maximum Gasteiger partial charge on any atom is 0.259 e. The monoisotopic (exact) mass is 385 g/mol. The van der Waals surface area contributed by atoms with Crippen LogP contribution in [-0.2, 0) is 6.54 Å². The van der Waals surface area contributed by atoms with Gasteiger partial charge >= 0.3 is 0 Å². The molecule has 0 spiro atoms. The molecule has 4 rings (SSSR count). The molecule has 0 saturated heterocycles. The molecule has 6 heteroatoms. The van der Waals surface area contributed by atoms with Gasteiger partial charge in [-0.25, -0.2) is 4.68 Å². The molecule has 0 bridgehead atoms. The van der Waals surface area contributed by atoms with Crippen molar-refractivity contribution in [3.05, 3.63) is 95.1 Å². The quantitative estimate of drug-likeness (QED) is 0.557. The summed E-state index contributed by atoms with van der Waals surface area (Å²) in [7, 11) is 0. The largest absolute Gasteiger partial charge is 0.319 e. The van der Waals surface area contributed by atoms with Crippen molar-refractivity contribution in [3.63, 3.8) is 0 Å². The number of carbonyl (C=O) groups excluding carboxylic acids is 1. The number of rotatable bonds is 5. The lowest BCUT2D eigenvalue weighted by Crippen LogP contribution is -2.13.